The molecule has 0 aromatic heterocycles. The zero-order valence-electron chi connectivity index (χ0n) is 10.2. The van der Waals surface area contributed by atoms with Crippen molar-refractivity contribution in [1.29, 1.82) is 0 Å². The Kier molecular flexibility index (Phi) is 4.65. The molecule has 1 fully saturated rings. The van der Waals surface area contributed by atoms with Gasteiger partial charge < -0.3 is 10.6 Å². The predicted octanol–water partition coefficient (Wildman–Crippen LogP) is 3.55. The standard InChI is InChI=1S/C14H17ClN2O/c15-12-5-3-4-11(10-12)8-9-16-14(18)17-13-6-1-2-7-13/h3-5,8-10,13H,1-2,6-7H2,(H2,16,17,18)/b9-8+. The van der Waals surface area contributed by atoms with Gasteiger partial charge >= 0.3 is 6.03 Å². The van der Waals surface area contributed by atoms with E-state index in [1.54, 1.807) is 6.20 Å². The molecule has 0 heterocycles. The van der Waals surface area contributed by atoms with Crippen molar-refractivity contribution in [3.63, 3.8) is 0 Å². The first-order chi connectivity index (χ1) is 8.74. The van der Waals surface area contributed by atoms with Gasteiger partial charge in [0.15, 0.2) is 0 Å². The minimum atomic E-state index is -0.139. The SMILES string of the molecule is O=C(N/C=C/c1cccc(Cl)c1)NC1CCCC1. The van der Waals surface area contributed by atoms with Gasteiger partial charge in [0.1, 0.15) is 0 Å². The number of benzene rings is 1. The number of nitrogens with one attached hydrogen (secondary N) is 2. The highest BCUT2D eigenvalue weighted by atomic mass is 35.5. The average molecular weight is 265 g/mol. The molecule has 2 amide bonds. The van der Waals surface area contributed by atoms with Gasteiger partial charge in [-0.1, -0.05) is 36.6 Å². The quantitative estimate of drug-likeness (QED) is 0.861. The fourth-order valence-electron chi connectivity index (χ4n) is 2.12. The van der Waals surface area contributed by atoms with E-state index in [1.807, 2.05) is 30.3 Å². The Morgan fingerprint density at radius 3 is 2.83 bits per heavy atom. The maximum absolute atomic E-state index is 11.6. The second-order valence-electron chi connectivity index (χ2n) is 4.49. The van der Waals surface area contributed by atoms with E-state index >= 15 is 0 Å². The number of halogens is 1. The molecule has 1 aliphatic carbocycles. The molecule has 0 radical (unpaired) electrons. The Bertz CT molecular complexity index is 439. The van der Waals surface area contributed by atoms with Gasteiger partial charge in [0.05, 0.1) is 0 Å². The van der Waals surface area contributed by atoms with Crippen molar-refractivity contribution in [3.8, 4) is 0 Å². The van der Waals surface area contributed by atoms with Crippen LogP contribution in [0.2, 0.25) is 5.02 Å². The van der Waals surface area contributed by atoms with Crippen LogP contribution in [0.15, 0.2) is 30.5 Å². The summed E-state index contributed by atoms with van der Waals surface area (Å²) in [6.45, 7) is 0. The summed E-state index contributed by atoms with van der Waals surface area (Å²) in [4.78, 5) is 11.6. The minimum Gasteiger partial charge on any atom is -0.335 e. The smallest absolute Gasteiger partial charge is 0.318 e. The monoisotopic (exact) mass is 264 g/mol. The lowest BCUT2D eigenvalue weighted by molar-refractivity contribution is 0.240. The van der Waals surface area contributed by atoms with E-state index in [0.29, 0.717) is 11.1 Å². The number of amides is 2. The van der Waals surface area contributed by atoms with Crippen LogP contribution in [-0.4, -0.2) is 12.1 Å². The fraction of sp³-hybridized carbons (Fsp3) is 0.357. The van der Waals surface area contributed by atoms with E-state index in [0.717, 1.165) is 18.4 Å². The first-order valence-corrected chi connectivity index (χ1v) is 6.61. The van der Waals surface area contributed by atoms with Crippen LogP contribution in [0, 0.1) is 0 Å². The highest BCUT2D eigenvalue weighted by Gasteiger charge is 2.16. The molecule has 1 saturated carbocycles. The average Bonchev–Trinajstić information content (AvgIpc) is 2.82. The number of carbonyl (C=O) groups is 1. The second-order valence-corrected chi connectivity index (χ2v) is 4.92. The molecule has 1 aromatic rings. The van der Waals surface area contributed by atoms with Gasteiger partial charge in [0.2, 0.25) is 0 Å². The largest absolute Gasteiger partial charge is 0.335 e. The summed E-state index contributed by atoms with van der Waals surface area (Å²) in [5.41, 5.74) is 0.962. The van der Waals surface area contributed by atoms with Crippen LogP contribution in [0.1, 0.15) is 31.2 Å². The molecule has 1 aromatic carbocycles. The highest BCUT2D eigenvalue weighted by Crippen LogP contribution is 2.17. The number of rotatable bonds is 3. The topological polar surface area (TPSA) is 41.1 Å². The maximum atomic E-state index is 11.6. The van der Waals surface area contributed by atoms with Crippen molar-refractivity contribution in [2.45, 2.75) is 31.7 Å². The first-order valence-electron chi connectivity index (χ1n) is 6.23. The molecule has 0 atom stereocenters. The summed E-state index contributed by atoms with van der Waals surface area (Å²) >= 11 is 5.87. The molecule has 2 rings (SSSR count). The molecule has 4 heteroatoms. The Labute approximate surface area is 112 Å². The van der Waals surface area contributed by atoms with Crippen LogP contribution in [0.4, 0.5) is 4.79 Å². The van der Waals surface area contributed by atoms with Gasteiger partial charge in [-0.15, -0.1) is 0 Å². The number of carbonyl (C=O) groups excluding carboxylic acids is 1. The van der Waals surface area contributed by atoms with E-state index in [1.165, 1.54) is 12.8 Å². The lowest BCUT2D eigenvalue weighted by atomic mass is 10.2. The Morgan fingerprint density at radius 1 is 1.33 bits per heavy atom. The summed E-state index contributed by atoms with van der Waals surface area (Å²) in [5, 5.41) is 6.34. The van der Waals surface area contributed by atoms with Crippen LogP contribution in [0.25, 0.3) is 6.08 Å². The Balaban J connectivity index is 1.78. The Hall–Kier alpha value is -1.48. The van der Waals surface area contributed by atoms with Gasteiger partial charge in [0.25, 0.3) is 0 Å². The molecule has 0 saturated heterocycles. The van der Waals surface area contributed by atoms with Crippen molar-refractivity contribution in [2.24, 2.45) is 0 Å². The third-order valence-corrected chi connectivity index (χ3v) is 3.26. The number of hydrogen-bond donors (Lipinski definition) is 2. The molecule has 3 nitrogen and oxygen atoms in total. The summed E-state index contributed by atoms with van der Waals surface area (Å²) in [6, 6.07) is 7.66. The zero-order valence-corrected chi connectivity index (χ0v) is 10.9. The van der Waals surface area contributed by atoms with E-state index in [2.05, 4.69) is 10.6 Å². The molecule has 0 aliphatic heterocycles. The second kappa shape index (κ2) is 6.45. The van der Waals surface area contributed by atoms with Crippen LogP contribution < -0.4 is 10.6 Å². The van der Waals surface area contributed by atoms with E-state index in [-0.39, 0.29) is 6.03 Å². The molecule has 0 unspecified atom stereocenters. The van der Waals surface area contributed by atoms with E-state index in [9.17, 15) is 4.79 Å². The fourth-order valence-corrected chi connectivity index (χ4v) is 2.32. The van der Waals surface area contributed by atoms with Crippen LogP contribution in [0.3, 0.4) is 0 Å². The maximum Gasteiger partial charge on any atom is 0.318 e. The predicted molar refractivity (Wildman–Crippen MR) is 74.4 cm³/mol. The normalized spacial score (nSPS) is 16.1. The van der Waals surface area contributed by atoms with Crippen molar-refractivity contribution in [1.82, 2.24) is 10.6 Å². The van der Waals surface area contributed by atoms with Gasteiger partial charge in [-0.05, 0) is 36.6 Å². The van der Waals surface area contributed by atoms with Crippen molar-refractivity contribution >= 4 is 23.7 Å². The molecule has 18 heavy (non-hydrogen) atoms. The van der Waals surface area contributed by atoms with Crippen molar-refractivity contribution in [3.05, 3.63) is 41.1 Å². The van der Waals surface area contributed by atoms with Crippen molar-refractivity contribution in [2.75, 3.05) is 0 Å². The molecule has 1 aliphatic rings. The number of hydrogen-bond acceptors (Lipinski definition) is 1. The highest BCUT2D eigenvalue weighted by molar-refractivity contribution is 6.30. The minimum absolute atomic E-state index is 0.139. The third kappa shape index (κ3) is 4.08. The lowest BCUT2D eigenvalue weighted by Gasteiger charge is -2.10. The Morgan fingerprint density at radius 2 is 2.11 bits per heavy atom. The summed E-state index contributed by atoms with van der Waals surface area (Å²) in [7, 11) is 0. The van der Waals surface area contributed by atoms with Gasteiger partial charge in [-0.2, -0.15) is 0 Å². The lowest BCUT2D eigenvalue weighted by Crippen LogP contribution is -2.38. The van der Waals surface area contributed by atoms with Gasteiger partial charge in [-0.3, -0.25) is 0 Å². The summed E-state index contributed by atoms with van der Waals surface area (Å²) in [5.74, 6) is 0. The zero-order chi connectivity index (χ0) is 12.8. The van der Waals surface area contributed by atoms with Crippen LogP contribution >= 0.6 is 11.6 Å². The number of urea groups is 1. The van der Waals surface area contributed by atoms with Crippen LogP contribution in [-0.2, 0) is 0 Å². The molecular weight excluding hydrogens is 248 g/mol. The molecule has 0 bridgehead atoms. The summed E-state index contributed by atoms with van der Waals surface area (Å²) < 4.78 is 0. The molecule has 2 N–H and O–H groups in total. The van der Waals surface area contributed by atoms with Gasteiger partial charge in [-0.25, -0.2) is 4.79 Å². The van der Waals surface area contributed by atoms with Crippen molar-refractivity contribution < 1.29 is 4.79 Å². The van der Waals surface area contributed by atoms with Gasteiger partial charge in [0, 0.05) is 17.3 Å². The molecule has 96 valence electrons. The van der Waals surface area contributed by atoms with Crippen LogP contribution in [0.5, 0.6) is 0 Å². The first kappa shape index (κ1) is 13.0. The summed E-state index contributed by atoms with van der Waals surface area (Å²) in [6.07, 6.45) is 8.06. The molecule has 0 spiro atoms. The van der Waals surface area contributed by atoms with E-state index in [4.69, 9.17) is 11.6 Å². The molecular formula is C14H17ClN2O. The van der Waals surface area contributed by atoms with E-state index < -0.39 is 0 Å². The third-order valence-electron chi connectivity index (χ3n) is 3.03.